The highest BCUT2D eigenvalue weighted by Gasteiger charge is 2.26. The highest BCUT2D eigenvalue weighted by atomic mass is 32.2. The lowest BCUT2D eigenvalue weighted by Crippen LogP contribution is -2.45. The first-order valence-corrected chi connectivity index (χ1v) is 7.35. The molecule has 0 amide bonds. The zero-order valence-electron chi connectivity index (χ0n) is 10.9. The number of thioether (sulfide) groups is 1. The Kier molecular flexibility index (Phi) is 4.98. The van der Waals surface area contributed by atoms with Crippen molar-refractivity contribution < 1.29 is 4.74 Å². The number of fused-ring (bicyclic) bond motifs is 1. The van der Waals surface area contributed by atoms with Crippen molar-refractivity contribution in [2.24, 2.45) is 0 Å². The van der Waals surface area contributed by atoms with Gasteiger partial charge in [-0.2, -0.15) is 0 Å². The fourth-order valence-electron chi connectivity index (χ4n) is 2.04. The van der Waals surface area contributed by atoms with Crippen LogP contribution in [0.1, 0.15) is 20.3 Å². The topological polar surface area (TPSA) is 21.3 Å². The maximum atomic E-state index is 6.09. The van der Waals surface area contributed by atoms with Gasteiger partial charge in [-0.05, 0) is 25.6 Å². The molecule has 1 aliphatic heterocycles. The summed E-state index contributed by atoms with van der Waals surface area (Å²) >= 11 is 1.87. The van der Waals surface area contributed by atoms with Crippen molar-refractivity contribution in [2.45, 2.75) is 37.3 Å². The number of nitrogens with one attached hydrogen (secondary N) is 1. The molecular weight excluding hydrogens is 242 g/mol. The second kappa shape index (κ2) is 6.72. The van der Waals surface area contributed by atoms with Crippen LogP contribution in [0.2, 0.25) is 0 Å². The summed E-state index contributed by atoms with van der Waals surface area (Å²) in [5, 5.41) is 3.48. The van der Waals surface area contributed by atoms with Crippen molar-refractivity contribution in [1.29, 1.82) is 0 Å². The molecule has 1 heterocycles. The molecule has 1 aromatic rings. The second-order valence-electron chi connectivity index (χ2n) is 4.21. The molecule has 3 heteroatoms. The monoisotopic (exact) mass is 261 g/mol. The zero-order chi connectivity index (χ0) is 12.8. The van der Waals surface area contributed by atoms with E-state index in [0.29, 0.717) is 6.04 Å². The van der Waals surface area contributed by atoms with Crippen LogP contribution in [-0.4, -0.2) is 24.4 Å². The molecule has 0 aliphatic carbocycles. The maximum Gasteiger partial charge on any atom is 0.133 e. The van der Waals surface area contributed by atoms with Crippen LogP contribution in [-0.2, 0) is 0 Å². The Balaban J connectivity index is 2.06. The molecule has 1 aliphatic rings. The molecule has 0 aromatic heterocycles. The molecule has 0 spiro atoms. The lowest BCUT2D eigenvalue weighted by molar-refractivity contribution is 0.168. The minimum Gasteiger partial charge on any atom is -0.487 e. The SMILES string of the molecule is CC#CCC(NCC)C1CSc2ccccc2O1. The Hall–Kier alpha value is -1.11. The largest absolute Gasteiger partial charge is 0.487 e. The van der Waals surface area contributed by atoms with Gasteiger partial charge in [0, 0.05) is 17.1 Å². The summed E-state index contributed by atoms with van der Waals surface area (Å²) in [5.74, 6) is 8.11. The predicted octanol–water partition coefficient (Wildman–Crippen LogP) is 2.93. The van der Waals surface area contributed by atoms with Gasteiger partial charge in [-0.15, -0.1) is 23.6 Å². The summed E-state index contributed by atoms with van der Waals surface area (Å²) in [6.07, 6.45) is 1.04. The number of hydrogen-bond acceptors (Lipinski definition) is 3. The van der Waals surface area contributed by atoms with Gasteiger partial charge >= 0.3 is 0 Å². The first kappa shape index (κ1) is 13.3. The van der Waals surface area contributed by atoms with Crippen LogP contribution in [0.15, 0.2) is 29.2 Å². The van der Waals surface area contributed by atoms with Gasteiger partial charge in [-0.1, -0.05) is 19.1 Å². The van der Waals surface area contributed by atoms with Gasteiger partial charge in [0.15, 0.2) is 0 Å². The third-order valence-electron chi connectivity index (χ3n) is 2.94. The lowest BCUT2D eigenvalue weighted by atomic mass is 10.1. The van der Waals surface area contributed by atoms with Gasteiger partial charge in [-0.3, -0.25) is 0 Å². The fourth-order valence-corrected chi connectivity index (χ4v) is 3.12. The zero-order valence-corrected chi connectivity index (χ0v) is 11.7. The van der Waals surface area contributed by atoms with Crippen LogP contribution < -0.4 is 10.1 Å². The Morgan fingerprint density at radius 3 is 3.11 bits per heavy atom. The molecule has 0 saturated carbocycles. The van der Waals surface area contributed by atoms with E-state index in [-0.39, 0.29) is 6.10 Å². The number of likely N-dealkylation sites (N-methyl/N-ethyl adjacent to an activating group) is 1. The van der Waals surface area contributed by atoms with Gasteiger partial charge < -0.3 is 10.1 Å². The molecule has 2 unspecified atom stereocenters. The second-order valence-corrected chi connectivity index (χ2v) is 5.27. The van der Waals surface area contributed by atoms with Crippen LogP contribution in [0.25, 0.3) is 0 Å². The van der Waals surface area contributed by atoms with Crippen molar-refractivity contribution >= 4 is 11.8 Å². The van der Waals surface area contributed by atoms with Crippen LogP contribution >= 0.6 is 11.8 Å². The molecule has 1 N–H and O–H groups in total. The van der Waals surface area contributed by atoms with Gasteiger partial charge in [0.1, 0.15) is 11.9 Å². The van der Waals surface area contributed by atoms with Crippen molar-refractivity contribution in [2.75, 3.05) is 12.3 Å². The van der Waals surface area contributed by atoms with Crippen LogP contribution in [0.5, 0.6) is 5.75 Å². The Morgan fingerprint density at radius 1 is 1.50 bits per heavy atom. The Bertz CT molecular complexity index is 449. The summed E-state index contributed by atoms with van der Waals surface area (Å²) in [5.41, 5.74) is 0. The summed E-state index contributed by atoms with van der Waals surface area (Å²) in [6.45, 7) is 4.95. The average molecular weight is 261 g/mol. The number of benzene rings is 1. The van der Waals surface area contributed by atoms with Gasteiger partial charge in [-0.25, -0.2) is 0 Å². The van der Waals surface area contributed by atoms with E-state index >= 15 is 0 Å². The molecule has 0 radical (unpaired) electrons. The van der Waals surface area contributed by atoms with Crippen LogP contribution in [0.4, 0.5) is 0 Å². The molecule has 18 heavy (non-hydrogen) atoms. The van der Waals surface area contributed by atoms with Gasteiger partial charge in [0.05, 0.1) is 6.04 Å². The summed E-state index contributed by atoms with van der Waals surface area (Å²) in [7, 11) is 0. The van der Waals surface area contributed by atoms with Crippen LogP contribution in [0.3, 0.4) is 0 Å². The van der Waals surface area contributed by atoms with Crippen molar-refractivity contribution in [3.8, 4) is 17.6 Å². The normalized spacial score (nSPS) is 19.1. The third kappa shape index (κ3) is 3.22. The van der Waals surface area contributed by atoms with Crippen molar-refractivity contribution in [3.63, 3.8) is 0 Å². The van der Waals surface area contributed by atoms with E-state index in [1.807, 2.05) is 30.8 Å². The van der Waals surface area contributed by atoms with E-state index in [1.165, 1.54) is 4.90 Å². The van der Waals surface area contributed by atoms with Gasteiger partial charge in [0.2, 0.25) is 0 Å². The highest BCUT2D eigenvalue weighted by molar-refractivity contribution is 7.99. The Labute approximate surface area is 113 Å². The third-order valence-corrected chi connectivity index (χ3v) is 4.09. The van der Waals surface area contributed by atoms with Crippen molar-refractivity contribution in [1.82, 2.24) is 5.32 Å². The minimum absolute atomic E-state index is 0.200. The lowest BCUT2D eigenvalue weighted by Gasteiger charge is -2.31. The van der Waals surface area contributed by atoms with E-state index in [4.69, 9.17) is 4.74 Å². The average Bonchev–Trinajstić information content (AvgIpc) is 2.43. The van der Waals surface area contributed by atoms with Crippen molar-refractivity contribution in [3.05, 3.63) is 24.3 Å². The van der Waals surface area contributed by atoms with E-state index in [9.17, 15) is 0 Å². The van der Waals surface area contributed by atoms with E-state index in [2.05, 4.69) is 36.2 Å². The summed E-state index contributed by atoms with van der Waals surface area (Å²) < 4.78 is 6.09. The highest BCUT2D eigenvalue weighted by Crippen LogP contribution is 2.35. The maximum absolute atomic E-state index is 6.09. The standard InChI is InChI=1S/C15H19NOS/c1-3-5-8-12(16-4-2)14-11-18-15-10-7-6-9-13(15)17-14/h6-7,9-10,12,14,16H,4,8,11H2,1-2H3. The number of rotatable bonds is 4. The molecule has 2 nitrogen and oxygen atoms in total. The summed E-state index contributed by atoms with van der Waals surface area (Å²) in [6, 6.07) is 8.55. The molecular formula is C15H19NOS. The molecule has 0 fully saturated rings. The number of ether oxygens (including phenoxy) is 1. The Morgan fingerprint density at radius 2 is 2.33 bits per heavy atom. The van der Waals surface area contributed by atoms with Gasteiger partial charge in [0.25, 0.3) is 0 Å². The molecule has 2 atom stereocenters. The smallest absolute Gasteiger partial charge is 0.133 e. The van der Waals surface area contributed by atoms with Crippen LogP contribution in [0, 0.1) is 11.8 Å². The first-order chi connectivity index (χ1) is 8.85. The molecule has 96 valence electrons. The minimum atomic E-state index is 0.200. The summed E-state index contributed by atoms with van der Waals surface area (Å²) in [4.78, 5) is 1.24. The van der Waals surface area contributed by atoms with E-state index < -0.39 is 0 Å². The quantitative estimate of drug-likeness (QED) is 0.842. The fraction of sp³-hybridized carbons (Fsp3) is 0.467. The predicted molar refractivity (Wildman–Crippen MR) is 77.1 cm³/mol. The number of hydrogen-bond donors (Lipinski definition) is 1. The first-order valence-electron chi connectivity index (χ1n) is 6.36. The molecule has 1 aromatic carbocycles. The molecule has 0 bridgehead atoms. The number of para-hydroxylation sites is 1. The van der Waals surface area contributed by atoms with E-state index in [1.54, 1.807) is 0 Å². The van der Waals surface area contributed by atoms with E-state index in [0.717, 1.165) is 24.5 Å². The molecule has 0 saturated heterocycles. The molecule has 2 rings (SSSR count).